The van der Waals surface area contributed by atoms with E-state index >= 15 is 0 Å². The maximum absolute atomic E-state index is 10.2. The molecular weight excluding hydrogens is 210 g/mol. The van der Waals surface area contributed by atoms with Gasteiger partial charge in [0.25, 0.3) is 0 Å². The Morgan fingerprint density at radius 2 is 2.07 bits per heavy atom. The summed E-state index contributed by atoms with van der Waals surface area (Å²) in [7, 11) is 0. The van der Waals surface area contributed by atoms with Gasteiger partial charge in [-0.25, -0.2) is 4.98 Å². The number of nitrogens with zero attached hydrogens (tertiary/aromatic N) is 1. The summed E-state index contributed by atoms with van der Waals surface area (Å²) < 4.78 is 0. The monoisotopic (exact) mass is 225 g/mol. The van der Waals surface area contributed by atoms with Gasteiger partial charge in [-0.1, -0.05) is 36.9 Å². The van der Waals surface area contributed by atoms with Gasteiger partial charge in [-0.2, -0.15) is 0 Å². The average molecular weight is 226 g/mol. The van der Waals surface area contributed by atoms with Crippen LogP contribution in [0.5, 0.6) is 0 Å². The molecular formula is C12H16ClNO. The summed E-state index contributed by atoms with van der Waals surface area (Å²) in [4.78, 5) is 4.00. The number of pyridine rings is 1. The Balaban J connectivity index is 2.12. The lowest BCUT2D eigenvalue weighted by atomic mass is 9.83. The van der Waals surface area contributed by atoms with Crippen LogP contribution >= 0.6 is 11.6 Å². The van der Waals surface area contributed by atoms with Gasteiger partial charge >= 0.3 is 0 Å². The van der Waals surface area contributed by atoms with Gasteiger partial charge in [0.1, 0.15) is 5.15 Å². The second-order valence-corrected chi connectivity index (χ2v) is 4.58. The number of rotatable bonds is 2. The molecule has 1 aromatic rings. The molecule has 0 saturated heterocycles. The predicted molar refractivity (Wildman–Crippen MR) is 60.8 cm³/mol. The Morgan fingerprint density at radius 1 is 1.33 bits per heavy atom. The first-order chi connectivity index (χ1) is 7.29. The van der Waals surface area contributed by atoms with Crippen molar-refractivity contribution < 1.29 is 5.11 Å². The minimum atomic E-state index is -0.438. The molecule has 2 rings (SSSR count). The molecule has 15 heavy (non-hydrogen) atoms. The zero-order valence-corrected chi connectivity index (χ0v) is 9.45. The molecule has 82 valence electrons. The molecule has 1 heterocycles. The smallest absolute Gasteiger partial charge is 0.134 e. The van der Waals surface area contributed by atoms with Gasteiger partial charge in [-0.15, -0.1) is 0 Å². The molecule has 1 aliphatic carbocycles. The highest BCUT2D eigenvalue weighted by atomic mass is 35.5. The number of hydrogen-bond donors (Lipinski definition) is 1. The number of aromatic nitrogens is 1. The molecule has 0 radical (unpaired) electrons. The predicted octanol–water partition coefficient (Wildman–Crippen LogP) is 3.35. The summed E-state index contributed by atoms with van der Waals surface area (Å²) in [5.74, 6) is 0.362. The third kappa shape index (κ3) is 2.50. The summed E-state index contributed by atoms with van der Waals surface area (Å²) in [5.41, 5.74) is 0.783. The zero-order chi connectivity index (χ0) is 10.7. The van der Waals surface area contributed by atoms with Crippen LogP contribution in [0, 0.1) is 5.92 Å². The highest BCUT2D eigenvalue weighted by Gasteiger charge is 2.24. The summed E-state index contributed by atoms with van der Waals surface area (Å²) >= 11 is 5.97. The first kappa shape index (κ1) is 10.9. The van der Waals surface area contributed by atoms with E-state index in [2.05, 4.69) is 4.98 Å². The maximum atomic E-state index is 10.2. The van der Waals surface area contributed by atoms with Gasteiger partial charge in [0.05, 0.1) is 6.10 Å². The second-order valence-electron chi connectivity index (χ2n) is 4.23. The summed E-state index contributed by atoms with van der Waals surface area (Å²) in [5, 5.41) is 10.6. The van der Waals surface area contributed by atoms with Crippen LogP contribution in [-0.4, -0.2) is 10.1 Å². The van der Waals surface area contributed by atoms with Crippen LogP contribution in [0.2, 0.25) is 5.15 Å². The van der Waals surface area contributed by atoms with Crippen molar-refractivity contribution in [3.05, 3.63) is 29.0 Å². The molecule has 1 aromatic heterocycles. The second kappa shape index (κ2) is 4.95. The Kier molecular flexibility index (Phi) is 3.60. The largest absolute Gasteiger partial charge is 0.388 e. The fourth-order valence-corrected chi connectivity index (χ4v) is 2.55. The fourth-order valence-electron chi connectivity index (χ4n) is 2.32. The first-order valence-electron chi connectivity index (χ1n) is 5.57. The molecule has 0 aliphatic heterocycles. The fraction of sp³-hybridized carbons (Fsp3) is 0.583. The summed E-state index contributed by atoms with van der Waals surface area (Å²) in [6.07, 6.45) is 7.16. The first-order valence-corrected chi connectivity index (χ1v) is 5.95. The van der Waals surface area contributed by atoms with E-state index in [-0.39, 0.29) is 0 Å². The Morgan fingerprint density at radius 3 is 2.73 bits per heavy atom. The van der Waals surface area contributed by atoms with Crippen molar-refractivity contribution in [3.8, 4) is 0 Å². The molecule has 1 fully saturated rings. The Bertz CT molecular complexity index is 323. The molecule has 2 nitrogen and oxygen atoms in total. The minimum Gasteiger partial charge on any atom is -0.388 e. The van der Waals surface area contributed by atoms with Crippen LogP contribution in [0.4, 0.5) is 0 Å². The third-order valence-corrected chi connectivity index (χ3v) is 3.52. The lowest BCUT2D eigenvalue weighted by molar-refractivity contribution is 0.0846. The van der Waals surface area contributed by atoms with E-state index in [0.29, 0.717) is 11.1 Å². The Labute approximate surface area is 95.3 Å². The molecule has 1 saturated carbocycles. The van der Waals surface area contributed by atoms with Crippen LogP contribution < -0.4 is 0 Å². The third-order valence-electron chi connectivity index (χ3n) is 3.20. The van der Waals surface area contributed by atoms with E-state index in [1.807, 2.05) is 12.1 Å². The SMILES string of the molecule is OC(c1cccnc1Cl)C1CCCCC1. The van der Waals surface area contributed by atoms with E-state index in [0.717, 1.165) is 18.4 Å². The Hall–Kier alpha value is -0.600. The van der Waals surface area contributed by atoms with Gasteiger partial charge in [-0.05, 0) is 24.8 Å². The molecule has 1 unspecified atom stereocenters. The molecule has 0 bridgehead atoms. The lowest BCUT2D eigenvalue weighted by Crippen LogP contribution is -2.16. The van der Waals surface area contributed by atoms with Gasteiger partial charge in [0, 0.05) is 11.8 Å². The van der Waals surface area contributed by atoms with Crippen molar-refractivity contribution in [2.24, 2.45) is 5.92 Å². The molecule has 0 aromatic carbocycles. The van der Waals surface area contributed by atoms with Crippen LogP contribution in [0.1, 0.15) is 43.8 Å². The highest BCUT2D eigenvalue weighted by Crippen LogP contribution is 2.35. The average Bonchev–Trinajstić information content (AvgIpc) is 2.30. The van der Waals surface area contributed by atoms with Crippen LogP contribution in [-0.2, 0) is 0 Å². The molecule has 3 heteroatoms. The molecule has 1 N–H and O–H groups in total. The van der Waals surface area contributed by atoms with Crippen molar-refractivity contribution in [1.82, 2.24) is 4.98 Å². The van der Waals surface area contributed by atoms with Crippen molar-refractivity contribution in [2.45, 2.75) is 38.2 Å². The van der Waals surface area contributed by atoms with E-state index in [1.165, 1.54) is 19.3 Å². The zero-order valence-electron chi connectivity index (χ0n) is 8.69. The maximum Gasteiger partial charge on any atom is 0.134 e. The summed E-state index contributed by atoms with van der Waals surface area (Å²) in [6.45, 7) is 0. The minimum absolute atomic E-state index is 0.362. The van der Waals surface area contributed by atoms with E-state index in [1.54, 1.807) is 6.20 Å². The quantitative estimate of drug-likeness (QED) is 0.784. The molecule has 0 spiro atoms. The van der Waals surface area contributed by atoms with Gasteiger partial charge in [-0.3, -0.25) is 0 Å². The van der Waals surface area contributed by atoms with E-state index in [4.69, 9.17) is 11.6 Å². The van der Waals surface area contributed by atoms with Crippen LogP contribution in [0.15, 0.2) is 18.3 Å². The van der Waals surface area contributed by atoms with Gasteiger partial charge in [0.2, 0.25) is 0 Å². The molecule has 0 amide bonds. The van der Waals surface area contributed by atoms with Crippen LogP contribution in [0.3, 0.4) is 0 Å². The standard InChI is InChI=1S/C12H16ClNO/c13-12-10(7-4-8-14-12)11(15)9-5-2-1-3-6-9/h4,7-9,11,15H,1-3,5-6H2. The topological polar surface area (TPSA) is 33.1 Å². The molecule has 1 aliphatic rings. The number of aliphatic hydroxyl groups excluding tert-OH is 1. The highest BCUT2D eigenvalue weighted by molar-refractivity contribution is 6.30. The normalized spacial score (nSPS) is 20.1. The molecule has 1 atom stereocenters. The van der Waals surface area contributed by atoms with Crippen molar-refractivity contribution in [1.29, 1.82) is 0 Å². The van der Waals surface area contributed by atoms with Crippen molar-refractivity contribution in [2.75, 3.05) is 0 Å². The van der Waals surface area contributed by atoms with Gasteiger partial charge in [0.15, 0.2) is 0 Å². The van der Waals surface area contributed by atoms with Gasteiger partial charge < -0.3 is 5.11 Å². The van der Waals surface area contributed by atoms with E-state index < -0.39 is 6.10 Å². The van der Waals surface area contributed by atoms with Crippen molar-refractivity contribution >= 4 is 11.6 Å². The van der Waals surface area contributed by atoms with Crippen LogP contribution in [0.25, 0.3) is 0 Å². The lowest BCUT2D eigenvalue weighted by Gasteiger charge is -2.26. The summed E-state index contributed by atoms with van der Waals surface area (Å²) in [6, 6.07) is 3.70. The number of aliphatic hydroxyl groups is 1. The van der Waals surface area contributed by atoms with E-state index in [9.17, 15) is 5.11 Å². The van der Waals surface area contributed by atoms with Crippen molar-refractivity contribution in [3.63, 3.8) is 0 Å². The number of halogens is 1. The number of hydrogen-bond acceptors (Lipinski definition) is 2.